The molecule has 7 nitrogen and oxygen atoms in total. The van der Waals surface area contributed by atoms with E-state index in [1.165, 1.54) is 28.4 Å². The highest BCUT2D eigenvalue weighted by Crippen LogP contribution is 2.24. The molecule has 27 heavy (non-hydrogen) atoms. The van der Waals surface area contributed by atoms with Gasteiger partial charge < -0.3 is 9.64 Å². The van der Waals surface area contributed by atoms with Crippen LogP contribution in [0.25, 0.3) is 10.2 Å². The van der Waals surface area contributed by atoms with Gasteiger partial charge in [0.1, 0.15) is 11.6 Å². The van der Waals surface area contributed by atoms with E-state index in [-0.39, 0.29) is 30.9 Å². The first kappa shape index (κ1) is 18.9. The van der Waals surface area contributed by atoms with Gasteiger partial charge in [0.25, 0.3) is 5.69 Å². The number of carbonyl (C=O) groups is 1. The second-order valence-electron chi connectivity index (χ2n) is 6.10. The molecule has 1 amide bonds. The number of nitrogens with zero attached hydrogens (tertiary/aromatic N) is 3. The van der Waals surface area contributed by atoms with E-state index in [0.717, 1.165) is 15.2 Å². The van der Waals surface area contributed by atoms with Crippen LogP contribution in [0.3, 0.4) is 0 Å². The Labute approximate surface area is 160 Å². The Kier molecular flexibility index (Phi) is 5.78. The number of hydrogen-bond donors (Lipinski definition) is 0. The van der Waals surface area contributed by atoms with Crippen LogP contribution in [-0.4, -0.2) is 34.4 Å². The lowest BCUT2D eigenvalue weighted by molar-refractivity contribution is -0.384. The van der Waals surface area contributed by atoms with Gasteiger partial charge in [-0.25, -0.2) is 4.98 Å². The summed E-state index contributed by atoms with van der Waals surface area (Å²) in [6.07, 6.45) is 0. The molecule has 8 heteroatoms. The van der Waals surface area contributed by atoms with Crippen molar-refractivity contribution < 1.29 is 14.5 Å². The fourth-order valence-corrected chi connectivity index (χ4v) is 3.55. The molecule has 0 unspecified atom stereocenters. The summed E-state index contributed by atoms with van der Waals surface area (Å²) in [5, 5.41) is 11.7. The van der Waals surface area contributed by atoms with E-state index >= 15 is 0 Å². The second-order valence-corrected chi connectivity index (χ2v) is 7.22. The molecule has 0 radical (unpaired) electrons. The highest BCUT2D eigenvalue weighted by atomic mass is 32.1. The number of benzene rings is 2. The van der Waals surface area contributed by atoms with E-state index in [1.807, 2.05) is 31.2 Å². The SMILES string of the molecule is C[C@H](c1cccc([N+](=O)[O-])c1)N(C)C(=O)COCc1nc2ccccc2s1. The van der Waals surface area contributed by atoms with Gasteiger partial charge in [-0.2, -0.15) is 0 Å². The van der Waals surface area contributed by atoms with Gasteiger partial charge in [0.05, 0.1) is 27.8 Å². The van der Waals surface area contributed by atoms with Gasteiger partial charge >= 0.3 is 0 Å². The van der Waals surface area contributed by atoms with Crippen LogP contribution >= 0.6 is 11.3 Å². The van der Waals surface area contributed by atoms with Gasteiger partial charge in [0.15, 0.2) is 0 Å². The highest BCUT2D eigenvalue weighted by molar-refractivity contribution is 7.18. The number of aromatic nitrogens is 1. The molecule has 0 bridgehead atoms. The van der Waals surface area contributed by atoms with Crippen LogP contribution in [0.5, 0.6) is 0 Å². The largest absolute Gasteiger partial charge is 0.364 e. The maximum atomic E-state index is 12.4. The average Bonchev–Trinajstić information content (AvgIpc) is 3.09. The number of non-ortho nitro benzene ring substituents is 1. The third kappa shape index (κ3) is 4.47. The van der Waals surface area contributed by atoms with Crippen molar-refractivity contribution >= 4 is 33.1 Å². The van der Waals surface area contributed by atoms with Crippen LogP contribution in [0.1, 0.15) is 23.5 Å². The van der Waals surface area contributed by atoms with E-state index in [2.05, 4.69) is 4.98 Å². The first-order valence-electron chi connectivity index (χ1n) is 8.38. The van der Waals surface area contributed by atoms with Gasteiger partial charge in [0, 0.05) is 19.2 Å². The molecule has 140 valence electrons. The zero-order valence-electron chi connectivity index (χ0n) is 15.0. The van der Waals surface area contributed by atoms with E-state index in [9.17, 15) is 14.9 Å². The van der Waals surface area contributed by atoms with Crippen molar-refractivity contribution in [2.75, 3.05) is 13.7 Å². The van der Waals surface area contributed by atoms with Crippen molar-refractivity contribution in [3.8, 4) is 0 Å². The lowest BCUT2D eigenvalue weighted by atomic mass is 10.1. The Morgan fingerprint density at radius 3 is 2.81 bits per heavy atom. The number of rotatable bonds is 7. The monoisotopic (exact) mass is 385 g/mol. The number of likely N-dealkylation sites (N-methyl/N-ethyl adjacent to an activating group) is 1. The molecular formula is C19H19N3O4S. The Morgan fingerprint density at radius 1 is 1.30 bits per heavy atom. The topological polar surface area (TPSA) is 85.6 Å². The van der Waals surface area contributed by atoms with Crippen molar-refractivity contribution in [1.82, 2.24) is 9.88 Å². The first-order valence-corrected chi connectivity index (χ1v) is 9.19. The van der Waals surface area contributed by atoms with Crippen molar-refractivity contribution in [2.24, 2.45) is 0 Å². The summed E-state index contributed by atoms with van der Waals surface area (Å²) < 4.78 is 6.61. The number of hydrogen-bond acceptors (Lipinski definition) is 6. The fraction of sp³-hybridized carbons (Fsp3) is 0.263. The average molecular weight is 385 g/mol. The van der Waals surface area contributed by atoms with Crippen LogP contribution in [0, 0.1) is 10.1 Å². The van der Waals surface area contributed by atoms with Gasteiger partial charge in [0.2, 0.25) is 5.91 Å². The normalized spacial score (nSPS) is 12.1. The molecule has 0 aliphatic carbocycles. The molecule has 0 aliphatic rings. The Morgan fingerprint density at radius 2 is 2.07 bits per heavy atom. The molecule has 3 aromatic rings. The number of amides is 1. The molecule has 1 heterocycles. The fourth-order valence-electron chi connectivity index (χ4n) is 2.65. The maximum absolute atomic E-state index is 12.4. The minimum Gasteiger partial charge on any atom is -0.364 e. The lowest BCUT2D eigenvalue weighted by Gasteiger charge is -2.25. The zero-order valence-corrected chi connectivity index (χ0v) is 15.8. The predicted molar refractivity (Wildman–Crippen MR) is 104 cm³/mol. The summed E-state index contributed by atoms with van der Waals surface area (Å²) in [7, 11) is 1.66. The Hall–Kier alpha value is -2.84. The molecule has 0 fully saturated rings. The molecule has 0 N–H and O–H groups in total. The maximum Gasteiger partial charge on any atom is 0.269 e. The summed E-state index contributed by atoms with van der Waals surface area (Å²) in [4.78, 5) is 28.9. The summed E-state index contributed by atoms with van der Waals surface area (Å²) in [5.41, 5.74) is 1.63. The summed E-state index contributed by atoms with van der Waals surface area (Å²) in [5.74, 6) is -0.199. The molecule has 1 aromatic heterocycles. The standard InChI is InChI=1S/C19H19N3O4S/c1-13(14-6-5-7-15(10-14)22(24)25)21(2)19(23)12-26-11-18-20-16-8-3-4-9-17(16)27-18/h3-10,13H,11-12H2,1-2H3/t13-/m1/s1. The quantitative estimate of drug-likeness (QED) is 0.454. The number of carbonyl (C=O) groups excluding carboxylic acids is 1. The smallest absolute Gasteiger partial charge is 0.269 e. The Bertz CT molecular complexity index is 939. The van der Waals surface area contributed by atoms with Gasteiger partial charge in [-0.3, -0.25) is 14.9 Å². The molecule has 0 saturated carbocycles. The van der Waals surface area contributed by atoms with Crippen LogP contribution < -0.4 is 0 Å². The number of para-hydroxylation sites is 1. The summed E-state index contributed by atoms with van der Waals surface area (Å²) in [6, 6.07) is 13.8. The van der Waals surface area contributed by atoms with Crippen LogP contribution in [0.4, 0.5) is 5.69 Å². The number of ether oxygens (including phenoxy) is 1. The van der Waals surface area contributed by atoms with Gasteiger partial charge in [-0.05, 0) is 24.6 Å². The van der Waals surface area contributed by atoms with Gasteiger partial charge in [-0.15, -0.1) is 11.3 Å². The third-order valence-electron chi connectivity index (χ3n) is 4.33. The summed E-state index contributed by atoms with van der Waals surface area (Å²) >= 11 is 1.54. The number of fused-ring (bicyclic) bond motifs is 1. The van der Waals surface area contributed by atoms with Gasteiger partial charge in [-0.1, -0.05) is 24.3 Å². The number of thiazole rings is 1. The van der Waals surface area contributed by atoms with E-state index in [0.29, 0.717) is 5.56 Å². The molecule has 1 atom stereocenters. The Balaban J connectivity index is 1.56. The molecular weight excluding hydrogens is 366 g/mol. The molecule has 0 aliphatic heterocycles. The van der Waals surface area contributed by atoms with E-state index < -0.39 is 4.92 Å². The van der Waals surface area contributed by atoms with Crippen molar-refractivity contribution in [3.05, 3.63) is 69.2 Å². The van der Waals surface area contributed by atoms with Crippen molar-refractivity contribution in [1.29, 1.82) is 0 Å². The van der Waals surface area contributed by atoms with E-state index in [1.54, 1.807) is 19.2 Å². The highest BCUT2D eigenvalue weighted by Gasteiger charge is 2.19. The van der Waals surface area contributed by atoms with Crippen molar-refractivity contribution in [2.45, 2.75) is 19.6 Å². The molecule has 0 saturated heterocycles. The second kappa shape index (κ2) is 8.24. The first-order chi connectivity index (χ1) is 13.0. The number of nitro groups is 1. The predicted octanol–water partition coefficient (Wildman–Crippen LogP) is 3.94. The lowest BCUT2D eigenvalue weighted by Crippen LogP contribution is -2.32. The van der Waals surface area contributed by atoms with Crippen LogP contribution in [0.15, 0.2) is 48.5 Å². The minimum atomic E-state index is -0.445. The minimum absolute atomic E-state index is 0.00675. The number of nitro benzene ring substituents is 1. The van der Waals surface area contributed by atoms with Crippen LogP contribution in [0.2, 0.25) is 0 Å². The van der Waals surface area contributed by atoms with E-state index in [4.69, 9.17) is 4.74 Å². The van der Waals surface area contributed by atoms with Crippen LogP contribution in [-0.2, 0) is 16.1 Å². The molecule has 0 spiro atoms. The molecule has 2 aromatic carbocycles. The zero-order chi connectivity index (χ0) is 19.4. The summed E-state index contributed by atoms with van der Waals surface area (Å²) in [6.45, 7) is 2.01. The van der Waals surface area contributed by atoms with Crippen molar-refractivity contribution in [3.63, 3.8) is 0 Å². The third-order valence-corrected chi connectivity index (χ3v) is 5.34. The molecule has 3 rings (SSSR count).